The second kappa shape index (κ2) is 7.46. The molecule has 1 aromatic heterocycles. The van der Waals surface area contributed by atoms with Crippen LogP contribution < -0.4 is 10.1 Å². The number of ether oxygens (including phenoxy) is 1. The molecule has 2 N–H and O–H groups in total. The first-order valence-corrected chi connectivity index (χ1v) is 6.70. The van der Waals surface area contributed by atoms with Gasteiger partial charge in [-0.25, -0.2) is 14.4 Å². The van der Waals surface area contributed by atoms with E-state index in [4.69, 9.17) is 9.84 Å². The zero-order valence-corrected chi connectivity index (χ0v) is 12.0. The Balaban J connectivity index is 2.07. The van der Waals surface area contributed by atoms with Crippen LogP contribution in [0, 0.1) is 12.7 Å². The van der Waals surface area contributed by atoms with Crippen molar-refractivity contribution in [3.05, 3.63) is 47.7 Å². The topological polar surface area (TPSA) is 84.3 Å². The maximum absolute atomic E-state index is 14.0. The lowest BCUT2D eigenvalue weighted by Gasteiger charge is -2.09. The first-order valence-electron chi connectivity index (χ1n) is 6.70. The van der Waals surface area contributed by atoms with E-state index in [0.29, 0.717) is 11.1 Å². The summed E-state index contributed by atoms with van der Waals surface area (Å²) in [6.07, 6.45) is 2.92. The van der Waals surface area contributed by atoms with Crippen LogP contribution in [0.5, 0.6) is 11.6 Å². The van der Waals surface area contributed by atoms with Crippen molar-refractivity contribution in [3.8, 4) is 11.6 Å². The van der Waals surface area contributed by atoms with Gasteiger partial charge in [0.2, 0.25) is 11.8 Å². The minimum absolute atomic E-state index is 0.0290. The normalized spacial score (nSPS) is 10.3. The van der Waals surface area contributed by atoms with Gasteiger partial charge in [0.05, 0.1) is 13.0 Å². The van der Waals surface area contributed by atoms with Gasteiger partial charge in [0.1, 0.15) is 6.33 Å². The smallest absolute Gasteiger partial charge is 0.225 e. The fourth-order valence-corrected chi connectivity index (χ4v) is 1.78. The van der Waals surface area contributed by atoms with Crippen molar-refractivity contribution in [1.29, 1.82) is 0 Å². The molecule has 2 rings (SSSR count). The summed E-state index contributed by atoms with van der Waals surface area (Å²) in [5.41, 5.74) is 1.20. The second-order valence-electron chi connectivity index (χ2n) is 4.63. The maximum atomic E-state index is 14.0. The highest BCUT2D eigenvalue weighted by molar-refractivity contribution is 5.78. The zero-order valence-electron chi connectivity index (χ0n) is 12.0. The van der Waals surface area contributed by atoms with Crippen LogP contribution in [0.25, 0.3) is 0 Å². The molecule has 1 heterocycles. The van der Waals surface area contributed by atoms with E-state index in [1.54, 1.807) is 19.2 Å². The van der Waals surface area contributed by atoms with Gasteiger partial charge in [-0.1, -0.05) is 6.07 Å². The Morgan fingerprint density at radius 1 is 1.45 bits per heavy atom. The lowest BCUT2D eigenvalue weighted by molar-refractivity contribution is -0.120. The average molecular weight is 305 g/mol. The minimum Gasteiger partial charge on any atom is -0.436 e. The summed E-state index contributed by atoms with van der Waals surface area (Å²) in [5.74, 6) is -0.553. The Morgan fingerprint density at radius 2 is 2.27 bits per heavy atom. The van der Waals surface area contributed by atoms with Crippen molar-refractivity contribution < 1.29 is 19.0 Å². The third kappa shape index (κ3) is 4.23. The molecule has 0 atom stereocenters. The van der Waals surface area contributed by atoms with Gasteiger partial charge in [0, 0.05) is 18.3 Å². The van der Waals surface area contributed by atoms with Gasteiger partial charge in [0.25, 0.3) is 0 Å². The highest BCUT2D eigenvalue weighted by Gasteiger charge is 2.10. The molecule has 0 unspecified atom stereocenters. The molecule has 22 heavy (non-hydrogen) atoms. The number of rotatable bonds is 6. The molecule has 1 aromatic carbocycles. The summed E-state index contributed by atoms with van der Waals surface area (Å²) >= 11 is 0. The molecule has 0 aliphatic heterocycles. The zero-order chi connectivity index (χ0) is 15.9. The van der Waals surface area contributed by atoms with Crippen LogP contribution in [-0.4, -0.2) is 34.1 Å². The Hall–Kier alpha value is -2.54. The van der Waals surface area contributed by atoms with Crippen molar-refractivity contribution in [1.82, 2.24) is 15.3 Å². The molecular weight excluding hydrogens is 289 g/mol. The molecule has 116 valence electrons. The number of carbonyl (C=O) groups is 1. The molecular formula is C15H16FN3O3. The van der Waals surface area contributed by atoms with E-state index in [1.165, 1.54) is 18.5 Å². The van der Waals surface area contributed by atoms with E-state index in [9.17, 15) is 9.18 Å². The van der Waals surface area contributed by atoms with Gasteiger partial charge in [0.15, 0.2) is 11.6 Å². The van der Waals surface area contributed by atoms with Gasteiger partial charge in [-0.2, -0.15) is 0 Å². The molecule has 6 nitrogen and oxygen atoms in total. The van der Waals surface area contributed by atoms with Crippen molar-refractivity contribution >= 4 is 5.91 Å². The van der Waals surface area contributed by atoms with Crippen LogP contribution in [-0.2, 0) is 11.2 Å². The quantitative estimate of drug-likeness (QED) is 0.842. The molecule has 0 bridgehead atoms. The van der Waals surface area contributed by atoms with E-state index >= 15 is 0 Å². The van der Waals surface area contributed by atoms with Crippen LogP contribution in [0.4, 0.5) is 4.39 Å². The third-order valence-corrected chi connectivity index (χ3v) is 2.85. The Labute approximate surface area is 127 Å². The number of amides is 1. The monoisotopic (exact) mass is 305 g/mol. The standard InChI is InChI=1S/C15H16FN3O3/c1-10-8-17-9-19-15(10)22-13-3-2-11(6-12(13)16)7-14(21)18-4-5-20/h2-3,6,8-9,20H,4-5,7H2,1H3,(H,18,21). The predicted molar refractivity (Wildman–Crippen MR) is 77.0 cm³/mol. The summed E-state index contributed by atoms with van der Waals surface area (Å²) in [4.78, 5) is 19.3. The molecule has 0 saturated heterocycles. The molecule has 0 aliphatic rings. The number of aryl methyl sites for hydroxylation is 1. The predicted octanol–water partition coefficient (Wildman–Crippen LogP) is 1.37. The molecule has 1 amide bonds. The third-order valence-electron chi connectivity index (χ3n) is 2.85. The van der Waals surface area contributed by atoms with Crippen molar-refractivity contribution in [2.75, 3.05) is 13.2 Å². The van der Waals surface area contributed by atoms with E-state index in [-0.39, 0.29) is 37.1 Å². The summed E-state index contributed by atoms with van der Waals surface area (Å²) in [6, 6.07) is 4.30. The van der Waals surface area contributed by atoms with Gasteiger partial charge in [-0.05, 0) is 24.6 Å². The lowest BCUT2D eigenvalue weighted by Crippen LogP contribution is -2.27. The molecule has 0 saturated carbocycles. The van der Waals surface area contributed by atoms with Gasteiger partial charge >= 0.3 is 0 Å². The molecule has 0 fully saturated rings. The van der Waals surface area contributed by atoms with Crippen molar-refractivity contribution in [2.45, 2.75) is 13.3 Å². The van der Waals surface area contributed by atoms with Crippen LogP contribution in [0.3, 0.4) is 0 Å². The summed E-state index contributed by atoms with van der Waals surface area (Å²) in [6.45, 7) is 1.80. The number of hydrogen-bond acceptors (Lipinski definition) is 5. The average Bonchev–Trinajstić information content (AvgIpc) is 2.50. The van der Waals surface area contributed by atoms with E-state index < -0.39 is 5.82 Å². The van der Waals surface area contributed by atoms with E-state index in [2.05, 4.69) is 15.3 Å². The number of aromatic nitrogens is 2. The molecule has 2 aromatic rings. The van der Waals surface area contributed by atoms with Gasteiger partial charge < -0.3 is 15.2 Å². The number of nitrogens with one attached hydrogen (secondary N) is 1. The largest absolute Gasteiger partial charge is 0.436 e. The highest BCUT2D eigenvalue weighted by Crippen LogP contribution is 2.25. The number of nitrogens with zero attached hydrogens (tertiary/aromatic N) is 2. The number of benzene rings is 1. The maximum Gasteiger partial charge on any atom is 0.225 e. The first-order chi connectivity index (χ1) is 10.6. The Bertz CT molecular complexity index is 664. The minimum atomic E-state index is -0.578. The highest BCUT2D eigenvalue weighted by atomic mass is 19.1. The van der Waals surface area contributed by atoms with Crippen LogP contribution in [0.2, 0.25) is 0 Å². The number of aliphatic hydroxyl groups is 1. The lowest BCUT2D eigenvalue weighted by atomic mass is 10.1. The summed E-state index contributed by atoms with van der Waals surface area (Å²) in [5, 5.41) is 11.1. The fraction of sp³-hybridized carbons (Fsp3) is 0.267. The number of aliphatic hydroxyl groups excluding tert-OH is 1. The SMILES string of the molecule is Cc1cncnc1Oc1ccc(CC(=O)NCCO)cc1F. The number of halogens is 1. The summed E-state index contributed by atoms with van der Waals surface area (Å²) < 4.78 is 19.4. The van der Waals surface area contributed by atoms with E-state index in [0.717, 1.165) is 0 Å². The van der Waals surface area contributed by atoms with Gasteiger partial charge in [-0.3, -0.25) is 4.79 Å². The Morgan fingerprint density at radius 3 is 2.95 bits per heavy atom. The summed E-state index contributed by atoms with van der Waals surface area (Å²) in [7, 11) is 0. The fourth-order valence-electron chi connectivity index (χ4n) is 1.78. The molecule has 0 aliphatic carbocycles. The molecule has 0 radical (unpaired) electrons. The van der Waals surface area contributed by atoms with Crippen LogP contribution in [0.1, 0.15) is 11.1 Å². The first kappa shape index (κ1) is 15.8. The number of hydrogen-bond donors (Lipinski definition) is 2. The van der Waals surface area contributed by atoms with Crippen molar-refractivity contribution in [3.63, 3.8) is 0 Å². The van der Waals surface area contributed by atoms with Crippen LogP contribution in [0.15, 0.2) is 30.7 Å². The second-order valence-corrected chi connectivity index (χ2v) is 4.63. The van der Waals surface area contributed by atoms with Gasteiger partial charge in [-0.15, -0.1) is 0 Å². The molecule has 0 spiro atoms. The van der Waals surface area contributed by atoms with Crippen LogP contribution >= 0.6 is 0 Å². The Kier molecular flexibility index (Phi) is 5.37. The van der Waals surface area contributed by atoms with E-state index in [1.807, 2.05) is 0 Å². The number of carbonyl (C=O) groups excluding carboxylic acids is 1. The van der Waals surface area contributed by atoms with Crippen molar-refractivity contribution in [2.24, 2.45) is 0 Å². The molecule has 7 heteroatoms.